The minimum Gasteiger partial charge on any atom is -0.289 e. The topological polar surface area (TPSA) is 17.1 Å². The molecule has 114 valence electrons. The Balaban J connectivity index is 1.68. The lowest BCUT2D eigenvalue weighted by molar-refractivity contribution is 0.104. The minimum atomic E-state index is 0.0277. The summed E-state index contributed by atoms with van der Waals surface area (Å²) >= 11 is 0. The largest absolute Gasteiger partial charge is 0.289 e. The lowest BCUT2D eigenvalue weighted by atomic mass is 10.0. The van der Waals surface area contributed by atoms with Crippen LogP contribution in [0.3, 0.4) is 0 Å². The Bertz CT molecular complexity index is 1070. The molecule has 4 rings (SSSR count). The van der Waals surface area contributed by atoms with E-state index in [4.69, 9.17) is 0 Å². The average molecular weight is 308 g/mol. The molecule has 4 aromatic carbocycles. The van der Waals surface area contributed by atoms with E-state index in [0.29, 0.717) is 0 Å². The van der Waals surface area contributed by atoms with E-state index in [-0.39, 0.29) is 5.78 Å². The van der Waals surface area contributed by atoms with E-state index in [9.17, 15) is 4.79 Å². The monoisotopic (exact) mass is 308 g/mol. The van der Waals surface area contributed by atoms with Gasteiger partial charge in [0.2, 0.25) is 0 Å². The van der Waals surface area contributed by atoms with Crippen molar-refractivity contribution < 1.29 is 4.79 Å². The summed E-state index contributed by atoms with van der Waals surface area (Å²) in [6.07, 6.45) is 3.54. The smallest absolute Gasteiger partial charge is 0.186 e. The zero-order chi connectivity index (χ0) is 16.4. The van der Waals surface area contributed by atoms with Crippen molar-refractivity contribution in [2.24, 2.45) is 0 Å². The Morgan fingerprint density at radius 2 is 1.38 bits per heavy atom. The molecule has 0 amide bonds. The molecular formula is C23H16O. The first-order chi connectivity index (χ1) is 11.8. The van der Waals surface area contributed by atoms with Gasteiger partial charge < -0.3 is 0 Å². The van der Waals surface area contributed by atoms with Gasteiger partial charge in [-0.3, -0.25) is 4.79 Å². The number of carbonyl (C=O) groups excluding carboxylic acids is 1. The molecule has 0 fully saturated rings. The molecule has 0 aliphatic heterocycles. The van der Waals surface area contributed by atoms with Crippen LogP contribution in [0.2, 0.25) is 0 Å². The van der Waals surface area contributed by atoms with Crippen LogP contribution in [0.15, 0.2) is 91.0 Å². The van der Waals surface area contributed by atoms with Crippen LogP contribution in [0, 0.1) is 0 Å². The second-order valence-corrected chi connectivity index (χ2v) is 5.83. The lowest BCUT2D eigenvalue weighted by Gasteiger charge is -2.03. The van der Waals surface area contributed by atoms with Gasteiger partial charge in [0.05, 0.1) is 0 Å². The number of hydrogen-bond donors (Lipinski definition) is 0. The molecule has 1 nitrogen and oxygen atoms in total. The number of rotatable bonds is 3. The molecule has 0 aromatic heterocycles. The number of benzene rings is 4. The van der Waals surface area contributed by atoms with Crippen LogP contribution in [0.1, 0.15) is 15.9 Å². The van der Waals surface area contributed by atoms with E-state index < -0.39 is 0 Å². The average Bonchev–Trinajstić information content (AvgIpc) is 2.65. The Morgan fingerprint density at radius 3 is 2.25 bits per heavy atom. The number of hydrogen-bond acceptors (Lipinski definition) is 1. The fraction of sp³-hybridized carbons (Fsp3) is 0. The van der Waals surface area contributed by atoms with Gasteiger partial charge in [0.1, 0.15) is 0 Å². The van der Waals surface area contributed by atoms with Gasteiger partial charge in [-0.2, -0.15) is 0 Å². The molecule has 4 aromatic rings. The molecule has 0 saturated carbocycles. The molecule has 1 heteroatoms. The van der Waals surface area contributed by atoms with Crippen LogP contribution in [-0.4, -0.2) is 5.78 Å². The summed E-state index contributed by atoms with van der Waals surface area (Å²) in [7, 11) is 0. The third kappa shape index (κ3) is 2.72. The SMILES string of the molecule is O=C(C=Cc1ccc2ccccc2c1)c1cccc2ccccc12. The summed E-state index contributed by atoms with van der Waals surface area (Å²) in [4.78, 5) is 12.6. The van der Waals surface area contributed by atoms with Gasteiger partial charge in [-0.25, -0.2) is 0 Å². The van der Waals surface area contributed by atoms with Gasteiger partial charge in [0, 0.05) is 5.56 Å². The van der Waals surface area contributed by atoms with Gasteiger partial charge in [-0.15, -0.1) is 0 Å². The van der Waals surface area contributed by atoms with Crippen molar-refractivity contribution in [3.05, 3.63) is 102 Å². The zero-order valence-corrected chi connectivity index (χ0v) is 13.1. The third-order valence-electron chi connectivity index (χ3n) is 4.26. The highest BCUT2D eigenvalue weighted by atomic mass is 16.1. The number of ketones is 1. The van der Waals surface area contributed by atoms with Crippen molar-refractivity contribution in [1.82, 2.24) is 0 Å². The Hall–Kier alpha value is -3.19. The number of carbonyl (C=O) groups is 1. The van der Waals surface area contributed by atoms with Crippen molar-refractivity contribution in [3.63, 3.8) is 0 Å². The van der Waals surface area contributed by atoms with E-state index in [1.54, 1.807) is 6.08 Å². The van der Waals surface area contributed by atoms with Gasteiger partial charge >= 0.3 is 0 Å². The predicted octanol–water partition coefficient (Wildman–Crippen LogP) is 5.89. The molecule has 0 spiro atoms. The van der Waals surface area contributed by atoms with E-state index >= 15 is 0 Å². The molecule has 0 radical (unpaired) electrons. The predicted molar refractivity (Wildman–Crippen MR) is 101 cm³/mol. The van der Waals surface area contributed by atoms with E-state index in [1.165, 1.54) is 10.8 Å². The maximum Gasteiger partial charge on any atom is 0.186 e. The second-order valence-electron chi connectivity index (χ2n) is 5.83. The highest BCUT2D eigenvalue weighted by Gasteiger charge is 2.06. The molecule has 0 bridgehead atoms. The summed E-state index contributed by atoms with van der Waals surface area (Å²) in [5, 5.41) is 4.46. The van der Waals surface area contributed by atoms with E-state index in [1.807, 2.05) is 66.7 Å². The first-order valence-corrected chi connectivity index (χ1v) is 8.00. The third-order valence-corrected chi connectivity index (χ3v) is 4.26. The molecule has 0 saturated heterocycles. The number of allylic oxidation sites excluding steroid dienone is 1. The molecule has 0 aliphatic rings. The summed E-state index contributed by atoms with van der Waals surface area (Å²) in [6, 6.07) is 28.3. The van der Waals surface area contributed by atoms with Crippen molar-refractivity contribution in [2.45, 2.75) is 0 Å². The highest BCUT2D eigenvalue weighted by molar-refractivity contribution is 6.14. The quantitative estimate of drug-likeness (QED) is 0.341. The Labute approximate surface area is 140 Å². The van der Waals surface area contributed by atoms with E-state index in [2.05, 4.69) is 24.3 Å². The van der Waals surface area contributed by atoms with Crippen molar-refractivity contribution in [3.8, 4) is 0 Å². The van der Waals surface area contributed by atoms with Crippen LogP contribution in [0.5, 0.6) is 0 Å². The van der Waals surface area contributed by atoms with Crippen LogP contribution in [-0.2, 0) is 0 Å². The molecule has 0 aliphatic carbocycles. The maximum atomic E-state index is 12.6. The number of fused-ring (bicyclic) bond motifs is 2. The van der Waals surface area contributed by atoms with Crippen LogP contribution in [0.25, 0.3) is 27.6 Å². The minimum absolute atomic E-state index is 0.0277. The standard InChI is InChI=1S/C23H16O/c24-23(22-11-5-9-19-7-3-4-10-21(19)22)15-13-17-12-14-18-6-1-2-8-20(18)16-17/h1-16H. The van der Waals surface area contributed by atoms with Gasteiger partial charge in [-0.05, 0) is 39.3 Å². The summed E-state index contributed by atoms with van der Waals surface area (Å²) in [5.74, 6) is 0.0277. The van der Waals surface area contributed by atoms with Crippen LogP contribution < -0.4 is 0 Å². The summed E-state index contributed by atoms with van der Waals surface area (Å²) in [6.45, 7) is 0. The van der Waals surface area contributed by atoms with Crippen LogP contribution in [0.4, 0.5) is 0 Å². The highest BCUT2D eigenvalue weighted by Crippen LogP contribution is 2.20. The molecule has 0 atom stereocenters. The lowest BCUT2D eigenvalue weighted by Crippen LogP contribution is -1.95. The summed E-state index contributed by atoms with van der Waals surface area (Å²) < 4.78 is 0. The Morgan fingerprint density at radius 1 is 0.667 bits per heavy atom. The molecule has 0 N–H and O–H groups in total. The Kier molecular flexibility index (Phi) is 3.68. The van der Waals surface area contributed by atoms with Gasteiger partial charge in [0.25, 0.3) is 0 Å². The van der Waals surface area contributed by atoms with Crippen LogP contribution >= 0.6 is 0 Å². The molecule has 24 heavy (non-hydrogen) atoms. The molecular weight excluding hydrogens is 292 g/mol. The van der Waals surface area contributed by atoms with Crippen molar-refractivity contribution in [2.75, 3.05) is 0 Å². The fourth-order valence-electron chi connectivity index (χ4n) is 3.01. The summed E-state index contributed by atoms with van der Waals surface area (Å²) in [5.41, 5.74) is 1.77. The van der Waals surface area contributed by atoms with Crippen molar-refractivity contribution >= 4 is 33.4 Å². The zero-order valence-electron chi connectivity index (χ0n) is 13.1. The molecule has 0 unspecified atom stereocenters. The van der Waals surface area contributed by atoms with Gasteiger partial charge in [-0.1, -0.05) is 84.9 Å². The molecule has 0 heterocycles. The maximum absolute atomic E-state index is 12.6. The van der Waals surface area contributed by atoms with Gasteiger partial charge in [0.15, 0.2) is 5.78 Å². The van der Waals surface area contributed by atoms with Crippen molar-refractivity contribution in [1.29, 1.82) is 0 Å². The first-order valence-electron chi connectivity index (χ1n) is 8.00. The normalized spacial score (nSPS) is 11.3. The van der Waals surface area contributed by atoms with E-state index in [0.717, 1.165) is 21.9 Å². The second kappa shape index (κ2) is 6.13. The fourth-order valence-corrected chi connectivity index (χ4v) is 3.01. The first kappa shape index (κ1) is 14.4.